The molecule has 0 N–H and O–H groups in total. The van der Waals surface area contributed by atoms with Crippen molar-refractivity contribution < 1.29 is 4.57 Å². The molecule has 3 nitrogen and oxygen atoms in total. The third-order valence-corrected chi connectivity index (χ3v) is 4.13. The number of nitrogens with zero attached hydrogens (tertiary/aromatic N) is 3. The van der Waals surface area contributed by atoms with Crippen LogP contribution in [0.3, 0.4) is 0 Å². The van der Waals surface area contributed by atoms with Crippen LogP contribution in [0.4, 0.5) is 0 Å². The molecule has 3 rings (SSSR count). The summed E-state index contributed by atoms with van der Waals surface area (Å²) in [6, 6.07) is 14.9. The fourth-order valence-corrected chi connectivity index (χ4v) is 2.71. The first-order valence-corrected chi connectivity index (χ1v) is 7.13. The van der Waals surface area contributed by atoms with Gasteiger partial charge in [0.2, 0.25) is 11.4 Å². The molecule has 1 aromatic carbocycles. The summed E-state index contributed by atoms with van der Waals surface area (Å²) in [4.78, 5) is 4.40. The van der Waals surface area contributed by atoms with Gasteiger partial charge in [0, 0.05) is 24.7 Å². The minimum atomic E-state index is 1.02. The van der Waals surface area contributed by atoms with Crippen molar-refractivity contribution in [3.05, 3.63) is 60.0 Å². The molecule has 0 spiro atoms. The van der Waals surface area contributed by atoms with Crippen molar-refractivity contribution in [2.45, 2.75) is 13.8 Å². The zero-order valence-electron chi connectivity index (χ0n) is 13.0. The van der Waals surface area contributed by atoms with Gasteiger partial charge in [0.1, 0.15) is 18.6 Å². The Balaban J connectivity index is 2.21. The third kappa shape index (κ3) is 2.25. The van der Waals surface area contributed by atoms with E-state index in [1.54, 1.807) is 0 Å². The van der Waals surface area contributed by atoms with E-state index in [1.807, 2.05) is 13.1 Å². The fourth-order valence-electron chi connectivity index (χ4n) is 2.71. The van der Waals surface area contributed by atoms with Gasteiger partial charge in [-0.25, -0.2) is 4.98 Å². The van der Waals surface area contributed by atoms with E-state index in [2.05, 4.69) is 77.6 Å². The van der Waals surface area contributed by atoms with E-state index >= 15 is 0 Å². The maximum atomic E-state index is 4.40. The van der Waals surface area contributed by atoms with Crippen molar-refractivity contribution in [3.63, 3.8) is 0 Å². The Morgan fingerprint density at radius 3 is 2.33 bits per heavy atom. The number of benzene rings is 1. The minimum absolute atomic E-state index is 1.02. The number of hydrogen-bond acceptors (Lipinski definition) is 1. The Labute approximate surface area is 125 Å². The van der Waals surface area contributed by atoms with E-state index in [4.69, 9.17) is 0 Å². The largest absolute Gasteiger partial charge is 0.326 e. The quantitative estimate of drug-likeness (QED) is 0.660. The van der Waals surface area contributed by atoms with Crippen LogP contribution in [-0.2, 0) is 14.1 Å². The molecule has 3 heteroatoms. The van der Waals surface area contributed by atoms with Crippen LogP contribution in [0.1, 0.15) is 11.4 Å². The van der Waals surface area contributed by atoms with E-state index in [-0.39, 0.29) is 0 Å². The van der Waals surface area contributed by atoms with Crippen molar-refractivity contribution in [1.82, 2.24) is 9.55 Å². The van der Waals surface area contributed by atoms with Crippen LogP contribution >= 0.6 is 0 Å². The van der Waals surface area contributed by atoms with Crippen molar-refractivity contribution in [2.24, 2.45) is 14.1 Å². The lowest BCUT2D eigenvalue weighted by Gasteiger charge is -2.08. The van der Waals surface area contributed by atoms with Gasteiger partial charge in [-0.15, -0.1) is 0 Å². The minimum Gasteiger partial charge on any atom is -0.326 e. The lowest BCUT2D eigenvalue weighted by molar-refractivity contribution is -0.649. The molecule has 2 heterocycles. The number of aryl methyl sites for hydroxylation is 2. The normalized spacial score (nSPS) is 10.9. The van der Waals surface area contributed by atoms with Crippen LogP contribution in [-0.4, -0.2) is 9.55 Å². The third-order valence-electron chi connectivity index (χ3n) is 4.13. The van der Waals surface area contributed by atoms with Crippen LogP contribution in [0.2, 0.25) is 0 Å². The Morgan fingerprint density at radius 1 is 0.952 bits per heavy atom. The fraction of sp³-hybridized carbons (Fsp3) is 0.222. The monoisotopic (exact) mass is 278 g/mol. The number of rotatable bonds is 2. The molecular weight excluding hydrogens is 258 g/mol. The second-order valence-electron chi connectivity index (χ2n) is 5.42. The maximum absolute atomic E-state index is 4.40. The molecule has 0 saturated carbocycles. The Morgan fingerprint density at radius 2 is 1.67 bits per heavy atom. The van der Waals surface area contributed by atoms with Crippen molar-refractivity contribution in [2.75, 3.05) is 0 Å². The second-order valence-corrected chi connectivity index (χ2v) is 5.42. The summed E-state index contributed by atoms with van der Waals surface area (Å²) in [5, 5.41) is 0. The van der Waals surface area contributed by atoms with Crippen molar-refractivity contribution in [1.29, 1.82) is 0 Å². The van der Waals surface area contributed by atoms with Crippen LogP contribution in [0.15, 0.2) is 48.7 Å². The molecule has 0 saturated heterocycles. The summed E-state index contributed by atoms with van der Waals surface area (Å²) < 4.78 is 4.36. The van der Waals surface area contributed by atoms with Gasteiger partial charge < -0.3 is 4.57 Å². The maximum Gasteiger partial charge on any atom is 0.231 e. The lowest BCUT2D eigenvalue weighted by Crippen LogP contribution is -2.34. The van der Waals surface area contributed by atoms with Gasteiger partial charge in [0.05, 0.1) is 6.20 Å². The molecule has 0 unspecified atom stereocenters. The van der Waals surface area contributed by atoms with E-state index in [0.29, 0.717) is 0 Å². The van der Waals surface area contributed by atoms with Gasteiger partial charge in [-0.2, -0.15) is 4.57 Å². The van der Waals surface area contributed by atoms with E-state index in [9.17, 15) is 0 Å². The first kappa shape index (κ1) is 13.6. The van der Waals surface area contributed by atoms with E-state index < -0.39 is 0 Å². The van der Waals surface area contributed by atoms with Crippen molar-refractivity contribution in [3.8, 4) is 22.6 Å². The molecule has 3 aromatic rings. The molecule has 106 valence electrons. The number of hydrogen-bond donors (Lipinski definition) is 0. The molecule has 0 amide bonds. The summed E-state index contributed by atoms with van der Waals surface area (Å²) in [5.74, 6) is 1.02. The van der Waals surface area contributed by atoms with Crippen molar-refractivity contribution >= 4 is 0 Å². The van der Waals surface area contributed by atoms with Gasteiger partial charge in [-0.1, -0.05) is 18.2 Å². The highest BCUT2D eigenvalue weighted by atomic mass is 15.1. The van der Waals surface area contributed by atoms with Gasteiger partial charge in [0.15, 0.2) is 0 Å². The first-order chi connectivity index (χ1) is 10.1. The highest BCUT2D eigenvalue weighted by Crippen LogP contribution is 2.23. The molecule has 0 aliphatic rings. The van der Waals surface area contributed by atoms with Gasteiger partial charge >= 0.3 is 0 Å². The van der Waals surface area contributed by atoms with Crippen LogP contribution < -0.4 is 4.57 Å². The van der Waals surface area contributed by atoms with Gasteiger partial charge in [0.25, 0.3) is 0 Å². The summed E-state index contributed by atoms with van der Waals surface area (Å²) in [6.07, 6.45) is 1.94. The van der Waals surface area contributed by atoms with Gasteiger partial charge in [-0.3, -0.25) is 0 Å². The number of aromatic nitrogens is 3. The van der Waals surface area contributed by atoms with Gasteiger partial charge in [-0.05, 0) is 31.5 Å². The molecule has 0 fully saturated rings. The molecule has 21 heavy (non-hydrogen) atoms. The number of imidazole rings is 1. The van der Waals surface area contributed by atoms with E-state index in [1.165, 1.54) is 22.5 Å². The molecule has 0 bridgehead atoms. The molecule has 2 aromatic heterocycles. The molecular formula is C18H20N3+. The zero-order chi connectivity index (χ0) is 15.0. The Hall–Kier alpha value is -2.42. The van der Waals surface area contributed by atoms with Crippen LogP contribution in [0.25, 0.3) is 22.6 Å². The summed E-state index contributed by atoms with van der Waals surface area (Å²) >= 11 is 0. The summed E-state index contributed by atoms with van der Waals surface area (Å²) in [6.45, 7) is 4.17. The summed E-state index contributed by atoms with van der Waals surface area (Å²) in [7, 11) is 4.16. The molecule has 0 aliphatic heterocycles. The predicted molar refractivity (Wildman–Crippen MR) is 84.7 cm³/mol. The van der Waals surface area contributed by atoms with Crippen LogP contribution in [0.5, 0.6) is 0 Å². The average molecular weight is 278 g/mol. The summed E-state index contributed by atoms with van der Waals surface area (Å²) in [5.41, 5.74) is 6.06. The van der Waals surface area contributed by atoms with E-state index in [0.717, 1.165) is 11.5 Å². The first-order valence-electron chi connectivity index (χ1n) is 7.13. The Kier molecular flexibility index (Phi) is 3.34. The lowest BCUT2D eigenvalue weighted by atomic mass is 10.0. The molecule has 0 radical (unpaired) electrons. The predicted octanol–water partition coefficient (Wildman–Crippen LogP) is 3.20. The molecule has 0 atom stereocenters. The standard InChI is InChI=1S/C18H20N3/c1-13-8-5-6-9-15(13)16-10-7-11-17(21(16)4)18-12-19-14(2)20(18)3/h5-12H,1-4H3/q+1. The Bertz CT molecular complexity index is 800. The topological polar surface area (TPSA) is 21.7 Å². The second kappa shape index (κ2) is 5.17. The van der Waals surface area contributed by atoms with Crippen LogP contribution in [0, 0.1) is 13.8 Å². The molecule has 0 aliphatic carbocycles. The smallest absolute Gasteiger partial charge is 0.231 e. The average Bonchev–Trinajstić information content (AvgIpc) is 2.80. The SMILES string of the molecule is Cc1ccccc1-c1cccc(-c2cnc(C)n2C)[n+]1C. The highest BCUT2D eigenvalue weighted by molar-refractivity contribution is 5.62. The number of pyridine rings is 1. The highest BCUT2D eigenvalue weighted by Gasteiger charge is 2.19. The zero-order valence-corrected chi connectivity index (χ0v) is 13.0.